The van der Waals surface area contributed by atoms with Gasteiger partial charge in [0.05, 0.1) is 0 Å². The van der Waals surface area contributed by atoms with E-state index >= 15 is 0 Å². The lowest BCUT2D eigenvalue weighted by Gasteiger charge is -2.53. The minimum atomic E-state index is -1.26. The molecule has 1 aliphatic heterocycles. The lowest BCUT2D eigenvalue weighted by Crippen LogP contribution is -2.76. The Balaban J connectivity index is 2.87. The van der Waals surface area contributed by atoms with Crippen molar-refractivity contribution in [1.82, 2.24) is 14.7 Å². The van der Waals surface area contributed by atoms with Crippen molar-refractivity contribution in [3.8, 4) is 0 Å². The Bertz CT molecular complexity index is 547. The molecule has 168 valence electrons. The summed E-state index contributed by atoms with van der Waals surface area (Å²) in [6, 6.07) is 0. The molecule has 0 aromatic heterocycles. The van der Waals surface area contributed by atoms with Gasteiger partial charge in [0, 0.05) is 37.9 Å². The van der Waals surface area contributed by atoms with Crippen molar-refractivity contribution in [2.45, 2.75) is 18.9 Å². The van der Waals surface area contributed by atoms with Gasteiger partial charge in [-0.2, -0.15) is 0 Å². The third-order valence-corrected chi connectivity index (χ3v) is 4.23. The molecule has 1 saturated heterocycles. The number of hydrogen-bond acceptors (Lipinski definition) is 12. The fourth-order valence-corrected chi connectivity index (χ4v) is 2.69. The molecule has 1 heterocycles. The Labute approximate surface area is 174 Å². The van der Waals surface area contributed by atoms with Gasteiger partial charge in [-0.25, -0.2) is 29.1 Å². The van der Waals surface area contributed by atoms with Crippen LogP contribution in [0.4, 0.5) is 0 Å². The zero-order valence-corrected chi connectivity index (χ0v) is 16.7. The van der Waals surface area contributed by atoms with Crippen molar-refractivity contribution < 1.29 is 33.7 Å². The van der Waals surface area contributed by atoms with Gasteiger partial charge in [-0.15, -0.1) is 0 Å². The van der Waals surface area contributed by atoms with Crippen LogP contribution in [0.1, 0.15) is 0 Å². The zero-order valence-electron chi connectivity index (χ0n) is 16.7. The molecule has 1 aliphatic rings. The molecular formula is C18H29N5O7. The normalized spacial score (nSPS) is 22.7. The van der Waals surface area contributed by atoms with Crippen molar-refractivity contribution >= 4 is 17.9 Å². The lowest BCUT2D eigenvalue weighted by atomic mass is 10.3. The summed E-state index contributed by atoms with van der Waals surface area (Å²) >= 11 is 0. The third kappa shape index (κ3) is 7.33. The predicted molar refractivity (Wildman–Crippen MR) is 106 cm³/mol. The SMILES string of the molecule is C=CC(=O)OCCN1C(N)N(CCOC(=O)C=C)C(O)N(CCOC(=O)C=C)C1N. The number of aliphatic hydroxyl groups is 1. The number of nitrogens with zero attached hydrogens (tertiary/aromatic N) is 3. The van der Waals surface area contributed by atoms with E-state index in [0.717, 1.165) is 18.2 Å². The van der Waals surface area contributed by atoms with Crippen LogP contribution in [0.2, 0.25) is 0 Å². The van der Waals surface area contributed by atoms with E-state index in [1.807, 2.05) is 0 Å². The first-order valence-corrected chi connectivity index (χ1v) is 9.10. The summed E-state index contributed by atoms with van der Waals surface area (Å²) in [5.74, 6) is -1.84. The number of esters is 3. The Kier molecular flexibility index (Phi) is 10.9. The van der Waals surface area contributed by atoms with Crippen LogP contribution in [0.25, 0.3) is 0 Å². The van der Waals surface area contributed by atoms with Gasteiger partial charge < -0.3 is 30.8 Å². The summed E-state index contributed by atoms with van der Waals surface area (Å²) in [6.07, 6.45) is 0.0392. The van der Waals surface area contributed by atoms with Gasteiger partial charge in [0.25, 0.3) is 0 Å². The van der Waals surface area contributed by atoms with Crippen LogP contribution < -0.4 is 11.5 Å². The number of ether oxygens (including phenoxy) is 3. The van der Waals surface area contributed by atoms with E-state index in [0.29, 0.717) is 0 Å². The minimum Gasteiger partial charge on any atom is -0.461 e. The standard InChI is InChI=1S/C18H29N5O7/c1-4-13(24)28-10-7-21-16(19)22(8-11-29-14(25)5-2)18(27)23(17(21)20)9-12-30-15(26)6-3/h4-6,16-18,27H,1-3,7-12,19-20H2. The molecule has 0 radical (unpaired) electrons. The lowest BCUT2D eigenvalue weighted by molar-refractivity contribution is -0.249. The second-order valence-corrected chi connectivity index (χ2v) is 6.00. The second-order valence-electron chi connectivity index (χ2n) is 6.00. The predicted octanol–water partition coefficient (Wildman–Crippen LogP) is -2.15. The number of aliphatic hydroxyl groups excluding tert-OH is 1. The topological polar surface area (TPSA) is 161 Å². The van der Waals surface area contributed by atoms with Crippen molar-refractivity contribution in [3.63, 3.8) is 0 Å². The average Bonchev–Trinajstić information content (AvgIpc) is 2.74. The quantitative estimate of drug-likeness (QED) is 0.176. The molecule has 0 spiro atoms. The largest absolute Gasteiger partial charge is 0.461 e. The first kappa shape index (κ1) is 25.4. The average molecular weight is 427 g/mol. The van der Waals surface area contributed by atoms with E-state index in [9.17, 15) is 19.5 Å². The zero-order chi connectivity index (χ0) is 22.7. The van der Waals surface area contributed by atoms with Crippen molar-refractivity contribution in [3.05, 3.63) is 38.0 Å². The molecule has 30 heavy (non-hydrogen) atoms. The van der Waals surface area contributed by atoms with E-state index in [2.05, 4.69) is 19.7 Å². The first-order chi connectivity index (χ1) is 14.3. The molecule has 0 amide bonds. The summed E-state index contributed by atoms with van der Waals surface area (Å²) in [7, 11) is 0. The highest BCUT2D eigenvalue weighted by atomic mass is 16.5. The summed E-state index contributed by atoms with van der Waals surface area (Å²) in [5.41, 5.74) is 12.5. The highest BCUT2D eigenvalue weighted by Gasteiger charge is 2.42. The van der Waals surface area contributed by atoms with Gasteiger partial charge in [-0.3, -0.25) is 0 Å². The van der Waals surface area contributed by atoms with Crippen LogP contribution >= 0.6 is 0 Å². The molecule has 2 unspecified atom stereocenters. The fraction of sp³-hybridized carbons (Fsp3) is 0.500. The first-order valence-electron chi connectivity index (χ1n) is 9.10. The van der Waals surface area contributed by atoms with E-state index in [-0.39, 0.29) is 39.5 Å². The molecule has 0 aromatic rings. The number of rotatable bonds is 12. The van der Waals surface area contributed by atoms with Gasteiger partial charge >= 0.3 is 17.9 Å². The second kappa shape index (κ2) is 12.8. The van der Waals surface area contributed by atoms with Gasteiger partial charge in [-0.05, 0) is 0 Å². The van der Waals surface area contributed by atoms with E-state index in [1.165, 1.54) is 9.80 Å². The molecule has 2 atom stereocenters. The van der Waals surface area contributed by atoms with E-state index in [4.69, 9.17) is 25.7 Å². The monoisotopic (exact) mass is 427 g/mol. The molecule has 0 saturated carbocycles. The van der Waals surface area contributed by atoms with E-state index < -0.39 is 36.8 Å². The van der Waals surface area contributed by atoms with Crippen LogP contribution in [0.3, 0.4) is 0 Å². The van der Waals surface area contributed by atoms with Gasteiger partial charge in [0.1, 0.15) is 32.4 Å². The van der Waals surface area contributed by atoms with Crippen LogP contribution in [-0.4, -0.2) is 96.1 Å². The maximum absolute atomic E-state index is 11.3. The summed E-state index contributed by atoms with van der Waals surface area (Å²) in [4.78, 5) is 38.2. The number of nitrogens with two attached hydrogens (primary N) is 2. The van der Waals surface area contributed by atoms with E-state index in [1.54, 1.807) is 4.90 Å². The van der Waals surface area contributed by atoms with Crippen LogP contribution in [0.5, 0.6) is 0 Å². The number of carbonyl (C=O) groups excluding carboxylic acids is 3. The summed E-state index contributed by atoms with van der Waals surface area (Å²) in [5, 5.41) is 10.7. The van der Waals surface area contributed by atoms with Crippen molar-refractivity contribution in [1.29, 1.82) is 0 Å². The molecule has 0 aromatic carbocycles. The molecule has 12 nitrogen and oxygen atoms in total. The molecule has 5 N–H and O–H groups in total. The number of carbonyl (C=O) groups is 3. The fourth-order valence-electron chi connectivity index (χ4n) is 2.69. The van der Waals surface area contributed by atoms with Crippen LogP contribution in [0, 0.1) is 0 Å². The smallest absolute Gasteiger partial charge is 0.330 e. The van der Waals surface area contributed by atoms with Crippen molar-refractivity contribution in [2.24, 2.45) is 11.5 Å². The third-order valence-electron chi connectivity index (χ3n) is 4.23. The number of hydrogen-bond donors (Lipinski definition) is 3. The van der Waals surface area contributed by atoms with Gasteiger partial charge in [0.2, 0.25) is 0 Å². The highest BCUT2D eigenvalue weighted by Crippen LogP contribution is 2.20. The maximum Gasteiger partial charge on any atom is 0.330 e. The Morgan fingerprint density at radius 1 is 0.733 bits per heavy atom. The molecule has 0 bridgehead atoms. The minimum absolute atomic E-state index is 0.0269. The molecular weight excluding hydrogens is 398 g/mol. The highest BCUT2D eigenvalue weighted by molar-refractivity contribution is 5.81. The molecule has 12 heteroatoms. The van der Waals surface area contributed by atoms with Gasteiger partial charge in [-0.1, -0.05) is 19.7 Å². The Morgan fingerprint density at radius 2 is 1.03 bits per heavy atom. The summed E-state index contributed by atoms with van der Waals surface area (Å²) < 4.78 is 14.9. The van der Waals surface area contributed by atoms with Crippen molar-refractivity contribution in [2.75, 3.05) is 39.5 Å². The maximum atomic E-state index is 11.3. The molecule has 0 aliphatic carbocycles. The Morgan fingerprint density at radius 3 is 1.33 bits per heavy atom. The molecule has 1 fully saturated rings. The Hall–Kier alpha value is -2.61. The van der Waals surface area contributed by atoms with Crippen LogP contribution in [0.15, 0.2) is 38.0 Å². The summed E-state index contributed by atoms with van der Waals surface area (Å²) in [6.45, 7) is 10.1. The van der Waals surface area contributed by atoms with Crippen LogP contribution in [-0.2, 0) is 28.6 Å². The molecule has 1 rings (SSSR count). The van der Waals surface area contributed by atoms with Gasteiger partial charge in [0.15, 0.2) is 6.35 Å².